The van der Waals surface area contributed by atoms with E-state index in [9.17, 15) is 4.79 Å². The maximum atomic E-state index is 12.2. The molecule has 1 nitrogen and oxygen atoms in total. The van der Waals surface area contributed by atoms with E-state index in [2.05, 4.69) is 15.9 Å². The maximum Gasteiger partial charge on any atom is 0.167 e. The molecule has 0 amide bonds. The van der Waals surface area contributed by atoms with Crippen LogP contribution in [0.25, 0.3) is 0 Å². The number of ketones is 1. The fraction of sp³-hybridized carbons (Fsp3) is 0.0714. The summed E-state index contributed by atoms with van der Waals surface area (Å²) in [6.45, 7) is 0. The zero-order chi connectivity index (χ0) is 14.0. The van der Waals surface area contributed by atoms with Crippen molar-refractivity contribution in [1.29, 1.82) is 0 Å². The summed E-state index contributed by atoms with van der Waals surface area (Å²) in [5, 5.41) is 1.62. The van der Waals surface area contributed by atoms with Crippen molar-refractivity contribution in [3.63, 3.8) is 0 Å². The number of hydrogen-bond donors (Lipinski definition) is 0. The highest BCUT2D eigenvalue weighted by molar-refractivity contribution is 9.10. The Balaban J connectivity index is 2.23. The van der Waals surface area contributed by atoms with Gasteiger partial charge in [-0.3, -0.25) is 4.79 Å². The first kappa shape index (κ1) is 14.9. The van der Waals surface area contributed by atoms with Gasteiger partial charge in [-0.15, -0.1) is 0 Å². The smallest absolute Gasteiger partial charge is 0.167 e. The summed E-state index contributed by atoms with van der Waals surface area (Å²) in [5.74, 6) is -0.0263. The summed E-state index contributed by atoms with van der Waals surface area (Å²) in [7, 11) is 0. The van der Waals surface area contributed by atoms with Crippen molar-refractivity contribution in [2.24, 2.45) is 0 Å². The molecule has 0 aromatic heterocycles. The van der Waals surface area contributed by atoms with E-state index in [-0.39, 0.29) is 12.2 Å². The molecule has 2 aromatic rings. The second-order valence-corrected chi connectivity index (χ2v) is 6.07. The van der Waals surface area contributed by atoms with Crippen molar-refractivity contribution in [2.45, 2.75) is 6.42 Å². The average molecular weight is 378 g/mol. The molecule has 0 unspecified atom stereocenters. The lowest BCUT2D eigenvalue weighted by molar-refractivity contribution is 0.0993. The van der Waals surface area contributed by atoms with Crippen LogP contribution in [-0.2, 0) is 6.42 Å². The summed E-state index contributed by atoms with van der Waals surface area (Å²) in [5.41, 5.74) is 1.34. The molecule has 0 saturated carbocycles. The Kier molecular flexibility index (Phi) is 4.91. The largest absolute Gasteiger partial charge is 0.294 e. The van der Waals surface area contributed by atoms with Gasteiger partial charge in [-0.05, 0) is 51.8 Å². The minimum absolute atomic E-state index is 0.0263. The highest BCUT2D eigenvalue weighted by Gasteiger charge is 2.11. The normalized spacial score (nSPS) is 10.5. The number of rotatable bonds is 3. The molecule has 98 valence electrons. The molecule has 0 heterocycles. The number of Topliss-reactive ketones (excluding diaryl/α,β-unsaturated/α-hetero) is 1. The molecule has 0 N–H and O–H groups in total. The van der Waals surface area contributed by atoms with Crippen molar-refractivity contribution in [3.8, 4) is 0 Å². The van der Waals surface area contributed by atoms with E-state index >= 15 is 0 Å². The van der Waals surface area contributed by atoms with Gasteiger partial charge in [-0.2, -0.15) is 0 Å². The molecule has 5 heteroatoms. The molecule has 0 bridgehead atoms. The minimum atomic E-state index is -0.0263. The first-order valence-corrected chi connectivity index (χ1v) is 7.32. The fourth-order valence-corrected chi connectivity index (χ4v) is 2.58. The number of halogens is 4. The highest BCUT2D eigenvalue weighted by Crippen LogP contribution is 2.25. The van der Waals surface area contributed by atoms with Crippen LogP contribution in [0, 0.1) is 0 Å². The predicted octanol–water partition coefficient (Wildman–Crippen LogP) is 5.83. The van der Waals surface area contributed by atoms with Gasteiger partial charge in [0.25, 0.3) is 0 Å². The number of benzene rings is 2. The molecule has 0 fully saturated rings. The van der Waals surface area contributed by atoms with Crippen molar-refractivity contribution < 1.29 is 4.79 Å². The van der Waals surface area contributed by atoms with Crippen molar-refractivity contribution in [3.05, 3.63) is 67.1 Å². The topological polar surface area (TPSA) is 17.1 Å². The molecule has 0 aliphatic heterocycles. The second-order valence-electron chi connectivity index (χ2n) is 3.96. The molecule has 2 aromatic carbocycles. The molecule has 19 heavy (non-hydrogen) atoms. The molecular weight excluding hydrogens is 370 g/mol. The van der Waals surface area contributed by atoms with Gasteiger partial charge < -0.3 is 0 Å². The van der Waals surface area contributed by atoms with Gasteiger partial charge in [0.15, 0.2) is 5.78 Å². The molecule has 0 radical (unpaired) electrons. The molecule has 0 saturated heterocycles. The lowest BCUT2D eigenvalue weighted by Gasteiger charge is -2.05. The van der Waals surface area contributed by atoms with Crippen LogP contribution in [0.2, 0.25) is 15.1 Å². The lowest BCUT2D eigenvalue weighted by Crippen LogP contribution is -2.04. The van der Waals surface area contributed by atoms with E-state index in [4.69, 9.17) is 34.8 Å². The molecule has 0 aliphatic rings. The third kappa shape index (κ3) is 3.73. The van der Waals surface area contributed by atoms with Crippen LogP contribution < -0.4 is 0 Å². The Bertz CT molecular complexity index is 641. The first-order chi connectivity index (χ1) is 8.97. The Labute approximate surface area is 134 Å². The summed E-state index contributed by atoms with van der Waals surface area (Å²) in [4.78, 5) is 12.2. The summed E-state index contributed by atoms with van der Waals surface area (Å²) < 4.78 is 0.696. The molecule has 0 spiro atoms. The van der Waals surface area contributed by atoms with Crippen molar-refractivity contribution in [2.75, 3.05) is 0 Å². The van der Waals surface area contributed by atoms with Crippen molar-refractivity contribution >= 4 is 56.5 Å². The van der Waals surface area contributed by atoms with Gasteiger partial charge in [0, 0.05) is 26.5 Å². The highest BCUT2D eigenvalue weighted by atomic mass is 79.9. The first-order valence-electron chi connectivity index (χ1n) is 5.39. The zero-order valence-corrected chi connectivity index (χ0v) is 13.4. The molecule has 0 aliphatic carbocycles. The quantitative estimate of drug-likeness (QED) is 0.614. The third-order valence-corrected chi connectivity index (χ3v) is 4.41. The maximum absolute atomic E-state index is 12.2. The third-order valence-electron chi connectivity index (χ3n) is 2.61. The Morgan fingerprint density at radius 2 is 1.74 bits per heavy atom. The molecule has 0 atom stereocenters. The van der Waals surface area contributed by atoms with E-state index in [1.807, 2.05) is 0 Å². The van der Waals surface area contributed by atoms with E-state index in [0.29, 0.717) is 25.1 Å². The van der Waals surface area contributed by atoms with Gasteiger partial charge in [0.05, 0.1) is 5.02 Å². The van der Waals surface area contributed by atoms with Crippen LogP contribution in [0.4, 0.5) is 0 Å². The number of carbonyl (C=O) groups excluding carboxylic acids is 1. The van der Waals surface area contributed by atoms with Crippen LogP contribution in [0.1, 0.15) is 15.9 Å². The van der Waals surface area contributed by atoms with Gasteiger partial charge in [0.2, 0.25) is 0 Å². The Hall–Kier alpha value is -0.540. The Morgan fingerprint density at radius 1 is 1.00 bits per heavy atom. The second kappa shape index (κ2) is 6.27. The van der Waals surface area contributed by atoms with Crippen LogP contribution in [-0.4, -0.2) is 5.78 Å². The fourth-order valence-electron chi connectivity index (χ4n) is 1.61. The Morgan fingerprint density at radius 3 is 2.37 bits per heavy atom. The van der Waals surface area contributed by atoms with E-state index in [0.717, 1.165) is 5.56 Å². The lowest BCUT2D eigenvalue weighted by atomic mass is 10.0. The van der Waals surface area contributed by atoms with Crippen LogP contribution in [0.3, 0.4) is 0 Å². The molecule has 2 rings (SSSR count). The summed E-state index contributed by atoms with van der Waals surface area (Å²) in [6.07, 6.45) is 0.226. The van der Waals surface area contributed by atoms with Gasteiger partial charge >= 0.3 is 0 Å². The van der Waals surface area contributed by atoms with Gasteiger partial charge in [0.1, 0.15) is 0 Å². The SMILES string of the molecule is O=C(Cc1ccc(Cl)cc1Cl)c1ccc(Cl)c(Br)c1. The zero-order valence-electron chi connectivity index (χ0n) is 9.59. The number of hydrogen-bond acceptors (Lipinski definition) is 1. The van der Waals surface area contributed by atoms with E-state index in [1.165, 1.54) is 0 Å². The molecular formula is C14H8BrCl3O. The number of carbonyl (C=O) groups is 1. The summed E-state index contributed by atoms with van der Waals surface area (Å²) in [6, 6.07) is 10.2. The van der Waals surface area contributed by atoms with Crippen LogP contribution in [0.15, 0.2) is 40.9 Å². The minimum Gasteiger partial charge on any atom is -0.294 e. The standard InChI is InChI=1S/C14H8BrCl3O/c15-11-5-9(2-4-12(11)17)14(19)6-8-1-3-10(16)7-13(8)18/h1-5,7H,6H2. The van der Waals surface area contributed by atoms with Crippen molar-refractivity contribution in [1.82, 2.24) is 0 Å². The van der Waals surface area contributed by atoms with Crippen LogP contribution in [0.5, 0.6) is 0 Å². The van der Waals surface area contributed by atoms with E-state index in [1.54, 1.807) is 36.4 Å². The van der Waals surface area contributed by atoms with Gasteiger partial charge in [-0.25, -0.2) is 0 Å². The predicted molar refractivity (Wildman–Crippen MR) is 83.6 cm³/mol. The average Bonchev–Trinajstić information content (AvgIpc) is 2.36. The summed E-state index contributed by atoms with van der Waals surface area (Å²) >= 11 is 21.1. The monoisotopic (exact) mass is 376 g/mol. The van der Waals surface area contributed by atoms with Gasteiger partial charge in [-0.1, -0.05) is 40.9 Å². The van der Waals surface area contributed by atoms with Crippen LogP contribution >= 0.6 is 50.7 Å². The van der Waals surface area contributed by atoms with E-state index < -0.39 is 0 Å².